The van der Waals surface area contributed by atoms with E-state index in [0.717, 1.165) is 48.4 Å². The van der Waals surface area contributed by atoms with E-state index in [1.807, 2.05) is 31.2 Å². The Hall–Kier alpha value is -3.05. The fourth-order valence-corrected chi connectivity index (χ4v) is 4.02. The summed E-state index contributed by atoms with van der Waals surface area (Å²) in [7, 11) is 0. The van der Waals surface area contributed by atoms with Gasteiger partial charge < -0.3 is 5.11 Å². The monoisotopic (exact) mass is 373 g/mol. The van der Waals surface area contributed by atoms with Gasteiger partial charge in [-0.2, -0.15) is 0 Å². The molecule has 3 aromatic rings. The number of hydrogen-bond acceptors (Lipinski definition) is 4. The molecule has 0 saturated carbocycles. The molecule has 0 amide bonds. The van der Waals surface area contributed by atoms with Gasteiger partial charge >= 0.3 is 5.97 Å². The van der Waals surface area contributed by atoms with E-state index in [4.69, 9.17) is 0 Å². The predicted octanol–water partition coefficient (Wildman–Crippen LogP) is 4.49. The number of benzene rings is 2. The normalized spacial score (nSPS) is 17.0. The number of carboxylic acid groups (broad SMARTS) is 1. The van der Waals surface area contributed by atoms with Crippen LogP contribution in [0, 0.1) is 6.92 Å². The van der Waals surface area contributed by atoms with Gasteiger partial charge in [-0.15, -0.1) is 0 Å². The Bertz CT molecular complexity index is 985. The summed E-state index contributed by atoms with van der Waals surface area (Å²) in [5, 5.41) is 9.41. The number of carbonyl (C=O) groups is 1. The van der Waals surface area contributed by atoms with Crippen molar-refractivity contribution in [2.24, 2.45) is 0 Å². The molecule has 0 unspecified atom stereocenters. The Morgan fingerprint density at radius 1 is 1.11 bits per heavy atom. The smallest absolute Gasteiger partial charge is 0.336 e. The lowest BCUT2D eigenvalue weighted by Gasteiger charge is -2.25. The van der Waals surface area contributed by atoms with Crippen LogP contribution in [0.3, 0.4) is 0 Å². The Morgan fingerprint density at radius 3 is 2.61 bits per heavy atom. The van der Waals surface area contributed by atoms with Gasteiger partial charge in [-0.25, -0.2) is 4.79 Å². The van der Waals surface area contributed by atoms with Crippen molar-refractivity contribution in [3.05, 3.63) is 83.4 Å². The third kappa shape index (κ3) is 3.66. The summed E-state index contributed by atoms with van der Waals surface area (Å²) in [5.41, 5.74) is 5.28. The molecule has 0 bridgehead atoms. The second kappa shape index (κ2) is 7.90. The van der Waals surface area contributed by atoms with Crippen molar-refractivity contribution in [2.75, 3.05) is 6.54 Å². The first kappa shape index (κ1) is 18.3. The minimum Gasteiger partial charge on any atom is -0.478 e. The van der Waals surface area contributed by atoms with Crippen LogP contribution in [-0.4, -0.2) is 32.5 Å². The van der Waals surface area contributed by atoms with Crippen molar-refractivity contribution >= 4 is 5.97 Å². The molecule has 4 rings (SSSR count). The maximum Gasteiger partial charge on any atom is 0.336 e. The van der Waals surface area contributed by atoms with Gasteiger partial charge in [0.25, 0.3) is 0 Å². The molecule has 5 heteroatoms. The van der Waals surface area contributed by atoms with Gasteiger partial charge in [-0.05, 0) is 49.1 Å². The largest absolute Gasteiger partial charge is 0.478 e. The second-order valence-electron chi connectivity index (χ2n) is 7.20. The number of nitrogens with zero attached hydrogens (tertiary/aromatic N) is 3. The maximum atomic E-state index is 11.5. The fourth-order valence-electron chi connectivity index (χ4n) is 4.02. The van der Waals surface area contributed by atoms with Crippen LogP contribution in [0.5, 0.6) is 0 Å². The van der Waals surface area contributed by atoms with Crippen molar-refractivity contribution < 1.29 is 9.90 Å². The van der Waals surface area contributed by atoms with Crippen LogP contribution in [0.25, 0.3) is 11.1 Å². The van der Waals surface area contributed by atoms with Crippen molar-refractivity contribution in [3.63, 3.8) is 0 Å². The summed E-state index contributed by atoms with van der Waals surface area (Å²) in [6, 6.07) is 15.6. The van der Waals surface area contributed by atoms with Gasteiger partial charge in [0.2, 0.25) is 0 Å². The van der Waals surface area contributed by atoms with Crippen molar-refractivity contribution in [3.8, 4) is 11.1 Å². The molecule has 0 spiro atoms. The van der Waals surface area contributed by atoms with Crippen LogP contribution in [0.15, 0.2) is 60.9 Å². The van der Waals surface area contributed by atoms with E-state index in [-0.39, 0.29) is 0 Å². The molecule has 142 valence electrons. The van der Waals surface area contributed by atoms with Gasteiger partial charge in [0.15, 0.2) is 0 Å². The number of aryl methyl sites for hydroxylation is 1. The summed E-state index contributed by atoms with van der Waals surface area (Å²) >= 11 is 0. The molecule has 1 fully saturated rings. The molecule has 1 aromatic heterocycles. The first-order valence-electron chi connectivity index (χ1n) is 9.56. The van der Waals surface area contributed by atoms with Crippen molar-refractivity contribution in [1.82, 2.24) is 14.9 Å². The number of rotatable bonds is 5. The van der Waals surface area contributed by atoms with E-state index in [1.165, 1.54) is 5.56 Å². The Morgan fingerprint density at radius 2 is 1.86 bits per heavy atom. The van der Waals surface area contributed by atoms with Gasteiger partial charge in [0.05, 0.1) is 23.0 Å². The zero-order chi connectivity index (χ0) is 19.5. The van der Waals surface area contributed by atoms with Gasteiger partial charge in [0.1, 0.15) is 0 Å². The molecule has 1 aliphatic heterocycles. The van der Waals surface area contributed by atoms with Gasteiger partial charge in [0, 0.05) is 18.9 Å². The number of aromatic nitrogens is 2. The molecule has 1 saturated heterocycles. The summed E-state index contributed by atoms with van der Waals surface area (Å²) in [4.78, 5) is 22.9. The third-order valence-electron chi connectivity index (χ3n) is 5.41. The minimum absolute atomic E-state index is 0.307. The number of carboxylic acids is 1. The van der Waals surface area contributed by atoms with Gasteiger partial charge in [-0.3, -0.25) is 14.9 Å². The predicted molar refractivity (Wildman–Crippen MR) is 108 cm³/mol. The Kier molecular flexibility index (Phi) is 5.17. The lowest BCUT2D eigenvalue weighted by molar-refractivity contribution is 0.0697. The topological polar surface area (TPSA) is 66.3 Å². The molecule has 1 aliphatic rings. The SMILES string of the molecule is Cc1nccnc1[C@H]1CCCN1Cc1ccc(-c2ccccc2C(=O)O)cc1. The van der Waals surface area contributed by atoms with E-state index in [2.05, 4.69) is 27.0 Å². The van der Waals surface area contributed by atoms with Crippen molar-refractivity contribution in [1.29, 1.82) is 0 Å². The van der Waals surface area contributed by atoms with Crippen LogP contribution >= 0.6 is 0 Å². The molecule has 0 aliphatic carbocycles. The minimum atomic E-state index is -0.904. The zero-order valence-electron chi connectivity index (χ0n) is 15.9. The standard InChI is InChI=1S/C23H23N3O2/c1-16-22(25-13-12-24-16)21-7-4-14-26(21)15-17-8-10-18(11-9-17)19-5-2-3-6-20(19)23(27)28/h2-3,5-6,8-13,21H,4,7,14-15H2,1H3,(H,27,28)/t21-/m1/s1. The number of likely N-dealkylation sites (tertiary alicyclic amines) is 1. The Balaban J connectivity index is 1.54. The summed E-state index contributed by atoms with van der Waals surface area (Å²) < 4.78 is 0. The van der Waals surface area contributed by atoms with E-state index in [1.54, 1.807) is 24.5 Å². The second-order valence-corrected chi connectivity index (χ2v) is 7.20. The summed E-state index contributed by atoms with van der Waals surface area (Å²) in [6.45, 7) is 3.92. The molecule has 28 heavy (non-hydrogen) atoms. The molecule has 5 nitrogen and oxygen atoms in total. The fraction of sp³-hybridized carbons (Fsp3) is 0.261. The third-order valence-corrected chi connectivity index (χ3v) is 5.41. The molecule has 1 N–H and O–H groups in total. The van der Waals surface area contributed by atoms with Gasteiger partial charge in [-0.1, -0.05) is 42.5 Å². The van der Waals surface area contributed by atoms with Crippen LogP contribution in [0.4, 0.5) is 0 Å². The zero-order valence-corrected chi connectivity index (χ0v) is 15.9. The molecule has 2 heterocycles. The molecular weight excluding hydrogens is 350 g/mol. The maximum absolute atomic E-state index is 11.5. The first-order chi connectivity index (χ1) is 13.6. The quantitative estimate of drug-likeness (QED) is 0.714. The lowest BCUT2D eigenvalue weighted by Crippen LogP contribution is -2.24. The number of hydrogen-bond donors (Lipinski definition) is 1. The highest BCUT2D eigenvalue weighted by molar-refractivity contribution is 5.95. The average Bonchev–Trinajstić information content (AvgIpc) is 3.17. The van der Waals surface area contributed by atoms with E-state index < -0.39 is 5.97 Å². The van der Waals surface area contributed by atoms with Crippen LogP contribution in [-0.2, 0) is 6.54 Å². The average molecular weight is 373 g/mol. The van der Waals surface area contributed by atoms with Crippen LogP contribution in [0.2, 0.25) is 0 Å². The number of aromatic carboxylic acids is 1. The highest BCUT2D eigenvalue weighted by atomic mass is 16.4. The summed E-state index contributed by atoms with van der Waals surface area (Å²) in [6.07, 6.45) is 5.77. The molecular formula is C23H23N3O2. The van der Waals surface area contributed by atoms with Crippen molar-refractivity contribution in [2.45, 2.75) is 32.4 Å². The van der Waals surface area contributed by atoms with E-state index >= 15 is 0 Å². The first-order valence-corrected chi connectivity index (χ1v) is 9.56. The van der Waals surface area contributed by atoms with E-state index in [9.17, 15) is 9.90 Å². The summed E-state index contributed by atoms with van der Waals surface area (Å²) in [5.74, 6) is -0.904. The Labute approximate surface area is 164 Å². The molecule has 0 radical (unpaired) electrons. The molecule has 1 atom stereocenters. The van der Waals surface area contributed by atoms with Crippen LogP contribution < -0.4 is 0 Å². The van der Waals surface area contributed by atoms with Crippen LogP contribution in [0.1, 0.15) is 46.2 Å². The van der Waals surface area contributed by atoms with E-state index in [0.29, 0.717) is 11.6 Å². The highest BCUT2D eigenvalue weighted by Crippen LogP contribution is 2.33. The lowest BCUT2D eigenvalue weighted by atomic mass is 9.98. The highest BCUT2D eigenvalue weighted by Gasteiger charge is 2.28. The molecule has 2 aromatic carbocycles.